The molecule has 0 spiro atoms. The third kappa shape index (κ3) is 4.16. The molecule has 1 amide bonds. The van der Waals surface area contributed by atoms with E-state index in [2.05, 4.69) is 10.6 Å². The van der Waals surface area contributed by atoms with Gasteiger partial charge in [-0.15, -0.1) is 0 Å². The molecule has 0 bridgehead atoms. The monoisotopic (exact) mass is 244 g/mol. The minimum atomic E-state index is -0.348. The summed E-state index contributed by atoms with van der Waals surface area (Å²) in [6.07, 6.45) is 0.412. The SMILES string of the molecule is CNC(=O)CCNCc1ccc(F)cc1Cl. The van der Waals surface area contributed by atoms with Gasteiger partial charge in [0.15, 0.2) is 0 Å². The van der Waals surface area contributed by atoms with Gasteiger partial charge in [0.05, 0.1) is 0 Å². The summed E-state index contributed by atoms with van der Waals surface area (Å²) in [6.45, 7) is 1.09. The summed E-state index contributed by atoms with van der Waals surface area (Å²) in [5.41, 5.74) is 0.819. The highest BCUT2D eigenvalue weighted by molar-refractivity contribution is 6.31. The van der Waals surface area contributed by atoms with Crippen molar-refractivity contribution in [3.05, 3.63) is 34.6 Å². The molecule has 1 aromatic carbocycles. The summed E-state index contributed by atoms with van der Waals surface area (Å²) in [7, 11) is 1.60. The maximum absolute atomic E-state index is 12.7. The lowest BCUT2D eigenvalue weighted by Gasteiger charge is -2.06. The molecule has 0 saturated carbocycles. The first kappa shape index (κ1) is 12.9. The van der Waals surface area contributed by atoms with Crippen LogP contribution in [0.1, 0.15) is 12.0 Å². The van der Waals surface area contributed by atoms with Crippen LogP contribution in [-0.4, -0.2) is 19.5 Å². The Kier molecular flexibility index (Phi) is 5.22. The van der Waals surface area contributed by atoms with E-state index >= 15 is 0 Å². The summed E-state index contributed by atoms with van der Waals surface area (Å²) in [4.78, 5) is 10.9. The van der Waals surface area contributed by atoms with Crippen molar-refractivity contribution < 1.29 is 9.18 Å². The molecule has 16 heavy (non-hydrogen) atoms. The molecule has 0 saturated heterocycles. The number of halogens is 2. The van der Waals surface area contributed by atoms with Crippen molar-refractivity contribution in [1.29, 1.82) is 0 Å². The second-order valence-corrected chi connectivity index (χ2v) is 3.74. The molecule has 5 heteroatoms. The fourth-order valence-electron chi connectivity index (χ4n) is 1.22. The third-order valence-electron chi connectivity index (χ3n) is 2.14. The summed E-state index contributed by atoms with van der Waals surface area (Å²) in [5.74, 6) is -0.364. The summed E-state index contributed by atoms with van der Waals surface area (Å²) < 4.78 is 12.7. The molecule has 1 aromatic rings. The minimum Gasteiger partial charge on any atom is -0.359 e. The van der Waals surface area contributed by atoms with Crippen LogP contribution in [0.3, 0.4) is 0 Å². The number of carbonyl (C=O) groups is 1. The van der Waals surface area contributed by atoms with Crippen LogP contribution in [0, 0.1) is 5.82 Å². The Morgan fingerprint density at radius 3 is 2.88 bits per heavy atom. The maximum Gasteiger partial charge on any atom is 0.221 e. The van der Waals surface area contributed by atoms with Crippen LogP contribution in [0.4, 0.5) is 4.39 Å². The summed E-state index contributed by atoms with van der Waals surface area (Å²) in [6, 6.07) is 4.27. The lowest BCUT2D eigenvalue weighted by Crippen LogP contribution is -2.24. The van der Waals surface area contributed by atoms with Crippen molar-refractivity contribution in [2.24, 2.45) is 0 Å². The van der Waals surface area contributed by atoms with Crippen LogP contribution in [0.15, 0.2) is 18.2 Å². The van der Waals surface area contributed by atoms with Crippen molar-refractivity contribution >= 4 is 17.5 Å². The third-order valence-corrected chi connectivity index (χ3v) is 2.49. The molecular weight excluding hydrogens is 231 g/mol. The average Bonchev–Trinajstić information content (AvgIpc) is 2.26. The van der Waals surface area contributed by atoms with Crippen LogP contribution in [0.25, 0.3) is 0 Å². The molecule has 0 unspecified atom stereocenters. The molecule has 3 nitrogen and oxygen atoms in total. The zero-order valence-corrected chi connectivity index (χ0v) is 9.77. The van der Waals surface area contributed by atoms with Gasteiger partial charge in [-0.3, -0.25) is 4.79 Å². The topological polar surface area (TPSA) is 41.1 Å². The van der Waals surface area contributed by atoms with Gasteiger partial charge >= 0.3 is 0 Å². The van der Waals surface area contributed by atoms with E-state index in [4.69, 9.17) is 11.6 Å². The van der Waals surface area contributed by atoms with Gasteiger partial charge in [0.2, 0.25) is 5.91 Å². The van der Waals surface area contributed by atoms with Crippen LogP contribution in [0.2, 0.25) is 5.02 Å². The second-order valence-electron chi connectivity index (χ2n) is 3.34. The van der Waals surface area contributed by atoms with Gasteiger partial charge in [-0.1, -0.05) is 17.7 Å². The highest BCUT2D eigenvalue weighted by Crippen LogP contribution is 2.16. The molecular formula is C11H14ClFN2O. The summed E-state index contributed by atoms with van der Waals surface area (Å²) in [5, 5.41) is 5.98. The van der Waals surface area contributed by atoms with Gasteiger partial charge in [-0.05, 0) is 17.7 Å². The highest BCUT2D eigenvalue weighted by atomic mass is 35.5. The van der Waals surface area contributed by atoms with E-state index in [1.54, 1.807) is 13.1 Å². The molecule has 0 fully saturated rings. The van der Waals surface area contributed by atoms with E-state index in [9.17, 15) is 9.18 Å². The van der Waals surface area contributed by atoms with Gasteiger partial charge in [-0.25, -0.2) is 4.39 Å². The number of amides is 1. The molecule has 0 atom stereocenters. The quantitative estimate of drug-likeness (QED) is 0.775. The van der Waals surface area contributed by atoms with E-state index in [0.29, 0.717) is 24.5 Å². The first-order valence-corrected chi connectivity index (χ1v) is 5.36. The fraction of sp³-hybridized carbons (Fsp3) is 0.364. The van der Waals surface area contributed by atoms with E-state index in [1.807, 2.05) is 0 Å². The number of carbonyl (C=O) groups excluding carboxylic acids is 1. The highest BCUT2D eigenvalue weighted by Gasteiger charge is 2.02. The molecule has 0 heterocycles. The fourth-order valence-corrected chi connectivity index (χ4v) is 1.45. The lowest BCUT2D eigenvalue weighted by molar-refractivity contribution is -0.120. The molecule has 2 N–H and O–H groups in total. The van der Waals surface area contributed by atoms with Gasteiger partial charge in [0.25, 0.3) is 0 Å². The van der Waals surface area contributed by atoms with E-state index in [0.717, 1.165) is 5.56 Å². The minimum absolute atomic E-state index is 0.0160. The van der Waals surface area contributed by atoms with Crippen molar-refractivity contribution in [3.8, 4) is 0 Å². The van der Waals surface area contributed by atoms with E-state index < -0.39 is 0 Å². The predicted octanol–water partition coefficient (Wildman–Crippen LogP) is 1.70. The molecule has 0 aliphatic heterocycles. The van der Waals surface area contributed by atoms with Gasteiger partial charge in [0.1, 0.15) is 5.82 Å². The van der Waals surface area contributed by atoms with Crippen LogP contribution < -0.4 is 10.6 Å². The molecule has 0 aromatic heterocycles. The van der Waals surface area contributed by atoms with Crippen LogP contribution in [0.5, 0.6) is 0 Å². The maximum atomic E-state index is 12.7. The molecule has 1 rings (SSSR count). The van der Waals surface area contributed by atoms with Crippen LogP contribution in [-0.2, 0) is 11.3 Å². The predicted molar refractivity (Wildman–Crippen MR) is 61.8 cm³/mol. The Morgan fingerprint density at radius 2 is 2.25 bits per heavy atom. The Bertz CT molecular complexity index is 371. The van der Waals surface area contributed by atoms with E-state index in [1.165, 1.54) is 12.1 Å². The molecule has 0 aliphatic carbocycles. The number of nitrogens with one attached hydrogen (secondary N) is 2. The smallest absolute Gasteiger partial charge is 0.221 e. The first-order chi connectivity index (χ1) is 7.63. The van der Waals surface area contributed by atoms with Crippen molar-refractivity contribution in [2.45, 2.75) is 13.0 Å². The Labute approximate surface area is 99.0 Å². The van der Waals surface area contributed by atoms with Crippen LogP contribution >= 0.6 is 11.6 Å². The number of benzene rings is 1. The Morgan fingerprint density at radius 1 is 1.50 bits per heavy atom. The normalized spacial score (nSPS) is 10.2. The average molecular weight is 245 g/mol. The number of hydrogen-bond donors (Lipinski definition) is 2. The van der Waals surface area contributed by atoms with Gasteiger partial charge in [0, 0.05) is 31.6 Å². The Hall–Kier alpha value is -1.13. The van der Waals surface area contributed by atoms with Gasteiger partial charge in [-0.2, -0.15) is 0 Å². The molecule has 88 valence electrons. The van der Waals surface area contributed by atoms with Crippen molar-refractivity contribution in [1.82, 2.24) is 10.6 Å². The number of rotatable bonds is 5. The van der Waals surface area contributed by atoms with Gasteiger partial charge < -0.3 is 10.6 Å². The van der Waals surface area contributed by atoms with Crippen molar-refractivity contribution in [3.63, 3.8) is 0 Å². The number of hydrogen-bond acceptors (Lipinski definition) is 2. The zero-order chi connectivity index (χ0) is 12.0. The van der Waals surface area contributed by atoms with Crippen molar-refractivity contribution in [2.75, 3.05) is 13.6 Å². The zero-order valence-electron chi connectivity index (χ0n) is 9.02. The standard InChI is InChI=1S/C11H14ClFN2O/c1-14-11(16)4-5-15-7-8-2-3-9(13)6-10(8)12/h2-3,6,15H,4-5,7H2,1H3,(H,14,16). The summed E-state index contributed by atoms with van der Waals surface area (Å²) >= 11 is 5.84. The molecule has 0 radical (unpaired) electrons. The Balaban J connectivity index is 2.35. The first-order valence-electron chi connectivity index (χ1n) is 4.98. The largest absolute Gasteiger partial charge is 0.359 e. The second kappa shape index (κ2) is 6.45. The van der Waals surface area contributed by atoms with E-state index in [-0.39, 0.29) is 11.7 Å². The molecule has 0 aliphatic rings. The lowest BCUT2D eigenvalue weighted by atomic mass is 10.2.